The maximum atomic E-state index is 9.53. The molecular formula is C16H27N5OS. The number of thiocarbonyl (C=S) groups is 1. The van der Waals surface area contributed by atoms with Gasteiger partial charge in [0.15, 0.2) is 0 Å². The molecule has 0 aromatic carbocycles. The monoisotopic (exact) mass is 337 g/mol. The Balaban J connectivity index is 2.39. The highest BCUT2D eigenvalue weighted by molar-refractivity contribution is 7.80. The van der Waals surface area contributed by atoms with Gasteiger partial charge in [0.25, 0.3) is 0 Å². The second kappa shape index (κ2) is 6.97. The van der Waals surface area contributed by atoms with Gasteiger partial charge in [-0.15, -0.1) is 0 Å². The molecule has 1 fully saturated rings. The van der Waals surface area contributed by atoms with Gasteiger partial charge >= 0.3 is 0 Å². The summed E-state index contributed by atoms with van der Waals surface area (Å²) in [6.07, 6.45) is 1.96. The number of aliphatic hydroxyl groups excluding tert-OH is 1. The molecule has 1 saturated carbocycles. The van der Waals surface area contributed by atoms with Crippen LogP contribution in [0.5, 0.6) is 0 Å². The number of hydrogen-bond donors (Lipinski definition) is 4. The molecule has 0 spiro atoms. The molecule has 0 saturated heterocycles. The third-order valence-electron chi connectivity index (χ3n) is 5.06. The van der Waals surface area contributed by atoms with Crippen molar-refractivity contribution in [2.24, 2.45) is 17.6 Å². The minimum atomic E-state index is -0.156. The lowest BCUT2D eigenvalue weighted by Crippen LogP contribution is -2.40. The predicted octanol–water partition coefficient (Wildman–Crippen LogP) is 2.06. The maximum Gasteiger partial charge on any atom is 0.224 e. The van der Waals surface area contributed by atoms with Gasteiger partial charge in [-0.2, -0.15) is 4.98 Å². The second-order valence-corrected chi connectivity index (χ2v) is 7.00. The van der Waals surface area contributed by atoms with Crippen LogP contribution < -0.4 is 16.4 Å². The third kappa shape index (κ3) is 3.55. The van der Waals surface area contributed by atoms with Crippen LogP contribution in [0.15, 0.2) is 0 Å². The molecule has 1 aliphatic rings. The molecule has 3 unspecified atom stereocenters. The second-order valence-electron chi connectivity index (χ2n) is 6.56. The molecule has 0 amide bonds. The van der Waals surface area contributed by atoms with Crippen LogP contribution >= 0.6 is 12.2 Å². The fourth-order valence-corrected chi connectivity index (χ4v) is 3.62. The highest BCUT2D eigenvalue weighted by Gasteiger charge is 2.42. The lowest BCUT2D eigenvalue weighted by molar-refractivity contribution is 0.187. The largest absolute Gasteiger partial charge is 0.396 e. The molecule has 2 rings (SSSR count). The van der Waals surface area contributed by atoms with E-state index in [4.69, 9.17) is 18.0 Å². The van der Waals surface area contributed by atoms with E-state index in [1.54, 1.807) is 0 Å². The first-order chi connectivity index (χ1) is 10.8. The molecule has 0 radical (unpaired) electrons. The molecule has 23 heavy (non-hydrogen) atoms. The van der Waals surface area contributed by atoms with Crippen molar-refractivity contribution >= 4 is 29.0 Å². The van der Waals surface area contributed by atoms with Gasteiger partial charge in [0, 0.05) is 18.7 Å². The zero-order valence-corrected chi connectivity index (χ0v) is 15.1. The summed E-state index contributed by atoms with van der Waals surface area (Å²) in [4.78, 5) is 9.29. The van der Waals surface area contributed by atoms with Crippen LogP contribution in [0.25, 0.3) is 0 Å². The van der Waals surface area contributed by atoms with Gasteiger partial charge in [-0.25, -0.2) is 4.98 Å². The molecule has 1 aliphatic carbocycles. The Morgan fingerprint density at radius 3 is 2.70 bits per heavy atom. The molecule has 3 atom stereocenters. The topological polar surface area (TPSA) is 96.1 Å². The number of anilines is 2. The number of aromatic nitrogens is 2. The molecule has 1 aromatic heterocycles. The number of aryl methyl sites for hydroxylation is 1. The molecule has 6 nitrogen and oxygen atoms in total. The van der Waals surface area contributed by atoms with Crippen LogP contribution in [0.2, 0.25) is 0 Å². The fourth-order valence-electron chi connectivity index (χ4n) is 3.37. The molecule has 128 valence electrons. The van der Waals surface area contributed by atoms with Crippen molar-refractivity contribution in [3.05, 3.63) is 11.3 Å². The smallest absolute Gasteiger partial charge is 0.224 e. The Hall–Kier alpha value is -1.47. The highest BCUT2D eigenvalue weighted by Crippen LogP contribution is 2.42. The number of rotatable bonds is 6. The van der Waals surface area contributed by atoms with Gasteiger partial charge < -0.3 is 21.5 Å². The van der Waals surface area contributed by atoms with E-state index < -0.39 is 0 Å². The SMILES string of the molecule is CCNc1nc(C)c(C(N)=S)c(NC2(C)CCC(CO)C2C)n1. The Kier molecular flexibility index (Phi) is 5.41. The number of hydrogen-bond acceptors (Lipinski definition) is 6. The minimum Gasteiger partial charge on any atom is -0.396 e. The predicted molar refractivity (Wildman–Crippen MR) is 97.8 cm³/mol. The number of aliphatic hydroxyl groups is 1. The Bertz CT molecular complexity index is 594. The van der Waals surface area contributed by atoms with Gasteiger partial charge in [0.1, 0.15) is 10.8 Å². The van der Waals surface area contributed by atoms with E-state index in [0.29, 0.717) is 34.2 Å². The summed E-state index contributed by atoms with van der Waals surface area (Å²) in [7, 11) is 0. The van der Waals surface area contributed by atoms with E-state index in [9.17, 15) is 5.11 Å². The lowest BCUT2D eigenvalue weighted by atomic mass is 9.86. The van der Waals surface area contributed by atoms with Crippen LogP contribution in [-0.4, -0.2) is 38.8 Å². The molecular weight excluding hydrogens is 310 g/mol. The first kappa shape index (κ1) is 17.9. The van der Waals surface area contributed by atoms with Gasteiger partial charge in [0.05, 0.1) is 11.3 Å². The molecule has 1 aromatic rings. The summed E-state index contributed by atoms with van der Waals surface area (Å²) in [5, 5.41) is 16.2. The van der Waals surface area contributed by atoms with Gasteiger partial charge in [-0.05, 0) is 45.4 Å². The standard InChI is InChI=1S/C16H27N5OS/c1-5-18-15-19-10(3)12(13(17)23)14(20-15)21-16(4)7-6-11(8-22)9(16)2/h9,11,22H,5-8H2,1-4H3,(H2,17,23)(H2,18,19,20,21). The lowest BCUT2D eigenvalue weighted by Gasteiger charge is -2.34. The van der Waals surface area contributed by atoms with Crippen LogP contribution in [0.1, 0.15) is 44.9 Å². The summed E-state index contributed by atoms with van der Waals surface area (Å²) < 4.78 is 0. The number of nitrogens with one attached hydrogen (secondary N) is 2. The van der Waals surface area contributed by atoms with Crippen molar-refractivity contribution in [3.8, 4) is 0 Å². The zero-order valence-electron chi connectivity index (χ0n) is 14.3. The molecule has 0 aliphatic heterocycles. The number of nitrogens with zero attached hydrogens (tertiary/aromatic N) is 2. The van der Waals surface area contributed by atoms with Crippen molar-refractivity contribution in [2.45, 2.75) is 46.1 Å². The fraction of sp³-hybridized carbons (Fsp3) is 0.688. The molecule has 5 N–H and O–H groups in total. The van der Waals surface area contributed by atoms with Crippen LogP contribution in [0, 0.1) is 18.8 Å². The van der Waals surface area contributed by atoms with E-state index in [-0.39, 0.29) is 12.1 Å². The van der Waals surface area contributed by atoms with Crippen LogP contribution in [-0.2, 0) is 0 Å². The molecule has 1 heterocycles. The normalized spacial score (nSPS) is 27.0. The van der Waals surface area contributed by atoms with E-state index in [1.165, 1.54) is 0 Å². The van der Waals surface area contributed by atoms with E-state index >= 15 is 0 Å². The third-order valence-corrected chi connectivity index (χ3v) is 5.26. The van der Waals surface area contributed by atoms with Gasteiger partial charge in [-0.1, -0.05) is 19.1 Å². The van der Waals surface area contributed by atoms with Crippen molar-refractivity contribution in [1.82, 2.24) is 9.97 Å². The van der Waals surface area contributed by atoms with E-state index in [0.717, 1.165) is 25.1 Å². The van der Waals surface area contributed by atoms with Gasteiger partial charge in [-0.3, -0.25) is 0 Å². The van der Waals surface area contributed by atoms with E-state index in [1.807, 2.05) is 13.8 Å². The van der Waals surface area contributed by atoms with E-state index in [2.05, 4.69) is 34.4 Å². The van der Waals surface area contributed by atoms with Gasteiger partial charge in [0.2, 0.25) is 5.95 Å². The summed E-state index contributed by atoms with van der Waals surface area (Å²) in [6.45, 7) is 9.18. The summed E-state index contributed by atoms with van der Waals surface area (Å²) in [5.74, 6) is 1.87. The van der Waals surface area contributed by atoms with Crippen molar-refractivity contribution in [1.29, 1.82) is 0 Å². The minimum absolute atomic E-state index is 0.156. The summed E-state index contributed by atoms with van der Waals surface area (Å²) >= 11 is 5.20. The molecule has 7 heteroatoms. The Labute approximate surface area is 143 Å². The maximum absolute atomic E-state index is 9.53. The Morgan fingerprint density at radius 2 is 2.17 bits per heavy atom. The van der Waals surface area contributed by atoms with Crippen LogP contribution in [0.3, 0.4) is 0 Å². The Morgan fingerprint density at radius 1 is 1.48 bits per heavy atom. The summed E-state index contributed by atoms with van der Waals surface area (Å²) in [5.41, 5.74) is 7.20. The quantitative estimate of drug-likeness (QED) is 0.590. The highest BCUT2D eigenvalue weighted by atomic mass is 32.1. The summed E-state index contributed by atoms with van der Waals surface area (Å²) in [6, 6.07) is 0. The van der Waals surface area contributed by atoms with Crippen molar-refractivity contribution < 1.29 is 5.11 Å². The van der Waals surface area contributed by atoms with Crippen molar-refractivity contribution in [3.63, 3.8) is 0 Å². The van der Waals surface area contributed by atoms with Crippen molar-refractivity contribution in [2.75, 3.05) is 23.8 Å². The number of nitrogens with two attached hydrogens (primary N) is 1. The zero-order chi connectivity index (χ0) is 17.2. The molecule has 0 bridgehead atoms. The average Bonchev–Trinajstić information content (AvgIpc) is 2.74. The first-order valence-electron chi connectivity index (χ1n) is 8.13. The van der Waals surface area contributed by atoms with Crippen LogP contribution in [0.4, 0.5) is 11.8 Å². The first-order valence-corrected chi connectivity index (χ1v) is 8.54. The average molecular weight is 337 g/mol.